The Hall–Kier alpha value is -2.37. The summed E-state index contributed by atoms with van der Waals surface area (Å²) in [5, 5.41) is 7.67. The lowest BCUT2D eigenvalue weighted by atomic mass is 10.0. The molecule has 0 radical (unpaired) electrons. The van der Waals surface area contributed by atoms with E-state index < -0.39 is 0 Å². The SMILES string of the molecule is O=C(/C=C/c1ccco1)N1CC(Cn2ccnn2)C1. The van der Waals surface area contributed by atoms with Crippen molar-refractivity contribution in [3.05, 3.63) is 42.6 Å². The Balaban J connectivity index is 1.46. The minimum Gasteiger partial charge on any atom is -0.465 e. The molecule has 0 N–H and O–H groups in total. The van der Waals surface area contributed by atoms with Gasteiger partial charge in [-0.15, -0.1) is 5.10 Å². The largest absolute Gasteiger partial charge is 0.465 e. The molecule has 1 aliphatic heterocycles. The van der Waals surface area contributed by atoms with Crippen molar-refractivity contribution in [1.82, 2.24) is 19.9 Å². The van der Waals surface area contributed by atoms with Gasteiger partial charge in [0.2, 0.25) is 5.91 Å². The number of rotatable bonds is 4. The molecule has 0 aromatic carbocycles. The molecule has 98 valence electrons. The standard InChI is InChI=1S/C13H14N4O2/c18-13(4-3-12-2-1-7-19-12)16-8-11(9-16)10-17-6-5-14-15-17/h1-7,11H,8-10H2/b4-3+. The molecule has 3 rings (SSSR count). The summed E-state index contributed by atoms with van der Waals surface area (Å²) in [5.74, 6) is 1.17. The number of hydrogen-bond donors (Lipinski definition) is 0. The van der Waals surface area contributed by atoms with Crippen LogP contribution in [0.1, 0.15) is 5.76 Å². The normalized spacial score (nSPS) is 15.9. The van der Waals surface area contributed by atoms with Crippen LogP contribution in [0.3, 0.4) is 0 Å². The number of carbonyl (C=O) groups excluding carboxylic acids is 1. The highest BCUT2D eigenvalue weighted by Crippen LogP contribution is 2.17. The van der Waals surface area contributed by atoms with Crippen LogP contribution in [0.15, 0.2) is 41.3 Å². The first-order valence-electron chi connectivity index (χ1n) is 6.16. The van der Waals surface area contributed by atoms with E-state index in [1.165, 1.54) is 0 Å². The predicted octanol–water partition coefficient (Wildman–Crippen LogP) is 1.04. The molecular formula is C13H14N4O2. The van der Waals surface area contributed by atoms with Gasteiger partial charge in [0.1, 0.15) is 5.76 Å². The van der Waals surface area contributed by atoms with Crippen molar-refractivity contribution >= 4 is 12.0 Å². The van der Waals surface area contributed by atoms with Crippen LogP contribution in [0.2, 0.25) is 0 Å². The van der Waals surface area contributed by atoms with Gasteiger partial charge < -0.3 is 9.32 Å². The zero-order valence-electron chi connectivity index (χ0n) is 10.3. The summed E-state index contributed by atoms with van der Waals surface area (Å²) in [6.07, 6.45) is 8.31. The first kappa shape index (κ1) is 11.7. The zero-order chi connectivity index (χ0) is 13.1. The Labute approximate surface area is 110 Å². The molecule has 1 aliphatic rings. The second-order valence-electron chi connectivity index (χ2n) is 4.58. The van der Waals surface area contributed by atoms with E-state index in [4.69, 9.17) is 4.42 Å². The summed E-state index contributed by atoms with van der Waals surface area (Å²) in [4.78, 5) is 13.6. The van der Waals surface area contributed by atoms with Crippen LogP contribution in [-0.2, 0) is 11.3 Å². The van der Waals surface area contributed by atoms with Crippen LogP contribution in [0, 0.1) is 5.92 Å². The maximum absolute atomic E-state index is 11.8. The van der Waals surface area contributed by atoms with Crippen molar-refractivity contribution in [3.63, 3.8) is 0 Å². The third kappa shape index (κ3) is 2.73. The molecule has 0 spiro atoms. The fourth-order valence-corrected chi connectivity index (χ4v) is 2.10. The van der Waals surface area contributed by atoms with Crippen LogP contribution in [0.4, 0.5) is 0 Å². The number of carbonyl (C=O) groups is 1. The average molecular weight is 258 g/mol. The Kier molecular flexibility index (Phi) is 3.14. The smallest absolute Gasteiger partial charge is 0.246 e. The molecule has 6 heteroatoms. The number of hydrogen-bond acceptors (Lipinski definition) is 4. The maximum atomic E-state index is 11.8. The second kappa shape index (κ2) is 5.09. The third-order valence-corrected chi connectivity index (χ3v) is 3.12. The van der Waals surface area contributed by atoms with E-state index in [-0.39, 0.29) is 5.91 Å². The van der Waals surface area contributed by atoms with Gasteiger partial charge >= 0.3 is 0 Å². The van der Waals surface area contributed by atoms with Gasteiger partial charge in [-0.3, -0.25) is 9.48 Å². The highest BCUT2D eigenvalue weighted by atomic mass is 16.3. The summed E-state index contributed by atoms with van der Waals surface area (Å²) < 4.78 is 6.93. The van der Waals surface area contributed by atoms with E-state index in [1.54, 1.807) is 40.3 Å². The van der Waals surface area contributed by atoms with Gasteiger partial charge in [-0.2, -0.15) is 0 Å². The van der Waals surface area contributed by atoms with Gasteiger partial charge in [0.25, 0.3) is 0 Å². The van der Waals surface area contributed by atoms with Crippen molar-refractivity contribution < 1.29 is 9.21 Å². The van der Waals surface area contributed by atoms with Crippen molar-refractivity contribution in [1.29, 1.82) is 0 Å². The fourth-order valence-electron chi connectivity index (χ4n) is 2.10. The second-order valence-corrected chi connectivity index (χ2v) is 4.58. The topological polar surface area (TPSA) is 64.2 Å². The highest BCUT2D eigenvalue weighted by Gasteiger charge is 2.29. The van der Waals surface area contributed by atoms with E-state index >= 15 is 0 Å². The Bertz CT molecular complexity index is 553. The lowest BCUT2D eigenvalue weighted by Crippen LogP contribution is -2.50. The molecule has 3 heterocycles. The first-order valence-corrected chi connectivity index (χ1v) is 6.16. The Morgan fingerprint density at radius 3 is 3.11 bits per heavy atom. The first-order chi connectivity index (χ1) is 9.31. The highest BCUT2D eigenvalue weighted by molar-refractivity contribution is 5.91. The van der Waals surface area contributed by atoms with Crippen molar-refractivity contribution in [2.45, 2.75) is 6.54 Å². The lowest BCUT2D eigenvalue weighted by Gasteiger charge is -2.38. The van der Waals surface area contributed by atoms with E-state index in [9.17, 15) is 4.79 Å². The van der Waals surface area contributed by atoms with Crippen LogP contribution < -0.4 is 0 Å². The van der Waals surface area contributed by atoms with Gasteiger partial charge in [0.05, 0.1) is 12.5 Å². The minimum atomic E-state index is 0.0197. The number of nitrogens with zero attached hydrogens (tertiary/aromatic N) is 4. The van der Waals surface area contributed by atoms with Gasteiger partial charge in [-0.1, -0.05) is 5.21 Å². The van der Waals surface area contributed by atoms with E-state index in [1.807, 2.05) is 12.3 Å². The molecular weight excluding hydrogens is 244 g/mol. The minimum absolute atomic E-state index is 0.0197. The quantitative estimate of drug-likeness (QED) is 0.769. The maximum Gasteiger partial charge on any atom is 0.246 e. The monoisotopic (exact) mass is 258 g/mol. The Morgan fingerprint density at radius 2 is 2.42 bits per heavy atom. The summed E-state index contributed by atoms with van der Waals surface area (Å²) in [5.41, 5.74) is 0. The summed E-state index contributed by atoms with van der Waals surface area (Å²) >= 11 is 0. The van der Waals surface area contributed by atoms with Crippen molar-refractivity contribution in [2.24, 2.45) is 5.92 Å². The molecule has 0 aliphatic carbocycles. The molecule has 2 aromatic rings. The molecule has 1 amide bonds. The number of furan rings is 1. The van der Waals surface area contributed by atoms with Gasteiger partial charge in [-0.25, -0.2) is 0 Å². The average Bonchev–Trinajstić information content (AvgIpc) is 3.03. The molecule has 0 saturated carbocycles. The van der Waals surface area contributed by atoms with E-state index in [0.717, 1.165) is 19.6 Å². The van der Waals surface area contributed by atoms with E-state index in [0.29, 0.717) is 11.7 Å². The zero-order valence-corrected chi connectivity index (χ0v) is 10.3. The molecule has 0 unspecified atom stereocenters. The third-order valence-electron chi connectivity index (χ3n) is 3.12. The number of amides is 1. The van der Waals surface area contributed by atoms with Crippen LogP contribution >= 0.6 is 0 Å². The summed E-state index contributed by atoms with van der Waals surface area (Å²) in [6.45, 7) is 2.34. The summed E-state index contributed by atoms with van der Waals surface area (Å²) in [7, 11) is 0. The van der Waals surface area contributed by atoms with Crippen molar-refractivity contribution in [2.75, 3.05) is 13.1 Å². The predicted molar refractivity (Wildman–Crippen MR) is 67.8 cm³/mol. The molecule has 6 nitrogen and oxygen atoms in total. The van der Waals surface area contributed by atoms with Crippen LogP contribution in [0.5, 0.6) is 0 Å². The van der Waals surface area contributed by atoms with E-state index in [2.05, 4.69) is 10.3 Å². The fraction of sp³-hybridized carbons (Fsp3) is 0.308. The number of likely N-dealkylation sites (tertiary alicyclic amines) is 1. The van der Waals surface area contributed by atoms with Crippen LogP contribution in [0.25, 0.3) is 6.08 Å². The molecule has 19 heavy (non-hydrogen) atoms. The van der Waals surface area contributed by atoms with Crippen LogP contribution in [-0.4, -0.2) is 38.9 Å². The molecule has 0 bridgehead atoms. The summed E-state index contributed by atoms with van der Waals surface area (Å²) in [6, 6.07) is 3.61. The van der Waals surface area contributed by atoms with Gasteiger partial charge in [0.15, 0.2) is 0 Å². The molecule has 2 aromatic heterocycles. The van der Waals surface area contributed by atoms with Crippen molar-refractivity contribution in [3.8, 4) is 0 Å². The van der Waals surface area contributed by atoms with Gasteiger partial charge in [-0.05, 0) is 18.2 Å². The van der Waals surface area contributed by atoms with Gasteiger partial charge in [0, 0.05) is 37.8 Å². The molecule has 1 saturated heterocycles. The molecule has 1 fully saturated rings. The molecule has 0 atom stereocenters. The Morgan fingerprint density at radius 1 is 1.53 bits per heavy atom. The number of aromatic nitrogens is 3. The lowest BCUT2D eigenvalue weighted by molar-refractivity contribution is -0.132.